The van der Waals surface area contributed by atoms with Crippen LogP contribution in [0.4, 0.5) is 11.5 Å². The minimum atomic E-state index is -0.482. The smallest absolute Gasteiger partial charge is 0.277 e. The Bertz CT molecular complexity index is 1120. The van der Waals surface area contributed by atoms with E-state index in [1.54, 1.807) is 24.3 Å². The van der Waals surface area contributed by atoms with Crippen molar-refractivity contribution >= 4 is 29.0 Å². The number of non-ortho nitro benzene ring substituents is 1. The van der Waals surface area contributed by atoms with Crippen LogP contribution in [0.5, 0.6) is 11.5 Å². The van der Waals surface area contributed by atoms with Crippen molar-refractivity contribution in [2.45, 2.75) is 13.2 Å². The molecule has 0 saturated heterocycles. The second kappa shape index (κ2) is 11.1. The van der Waals surface area contributed by atoms with Crippen molar-refractivity contribution in [1.82, 2.24) is 20.9 Å². The molecular formula is C20H21ClN6O6. The van der Waals surface area contributed by atoms with Crippen LogP contribution in [0.25, 0.3) is 0 Å². The molecular weight excluding hydrogens is 456 g/mol. The molecule has 0 saturated carbocycles. The number of anilines is 1. The summed E-state index contributed by atoms with van der Waals surface area (Å²) in [5, 5.41) is 23.8. The number of halogens is 1. The molecule has 33 heavy (non-hydrogen) atoms. The van der Waals surface area contributed by atoms with Crippen molar-refractivity contribution in [3.63, 3.8) is 0 Å². The molecule has 0 bridgehead atoms. The minimum absolute atomic E-state index is 0.00933. The number of nitrogen functional groups attached to an aromatic ring is 1. The van der Waals surface area contributed by atoms with E-state index >= 15 is 0 Å². The van der Waals surface area contributed by atoms with Crippen LogP contribution in [0.15, 0.2) is 41.0 Å². The zero-order chi connectivity index (χ0) is 23.8. The Kier molecular flexibility index (Phi) is 8.00. The molecule has 0 aliphatic heterocycles. The number of aromatic nitrogens is 2. The summed E-state index contributed by atoms with van der Waals surface area (Å²) < 4.78 is 15.6. The molecule has 3 aromatic rings. The first-order valence-corrected chi connectivity index (χ1v) is 10.1. The molecule has 0 radical (unpaired) electrons. The van der Waals surface area contributed by atoms with Crippen LogP contribution < -0.4 is 25.8 Å². The maximum atomic E-state index is 11.9. The van der Waals surface area contributed by atoms with Crippen LogP contribution >= 0.6 is 11.6 Å². The maximum absolute atomic E-state index is 11.9. The van der Waals surface area contributed by atoms with Gasteiger partial charge in [-0.15, -0.1) is 0 Å². The SMILES string of the molecule is COc1cc(CNCCNC(=O)c2nonc2N)c(Cl)cc1OCc1ccc([N+](=O)[O-])cc1. The fraction of sp³-hybridized carbons (Fsp3) is 0.250. The van der Waals surface area contributed by atoms with E-state index in [1.807, 2.05) is 0 Å². The van der Waals surface area contributed by atoms with Gasteiger partial charge in [0.05, 0.1) is 12.0 Å². The summed E-state index contributed by atoms with van der Waals surface area (Å²) in [5.41, 5.74) is 6.95. The van der Waals surface area contributed by atoms with Gasteiger partial charge in [0.15, 0.2) is 11.5 Å². The van der Waals surface area contributed by atoms with Gasteiger partial charge in [0, 0.05) is 42.9 Å². The molecule has 174 valence electrons. The number of hydrogen-bond donors (Lipinski definition) is 3. The lowest BCUT2D eigenvalue weighted by Gasteiger charge is -2.14. The molecule has 12 nitrogen and oxygen atoms in total. The molecule has 0 spiro atoms. The number of benzene rings is 2. The summed E-state index contributed by atoms with van der Waals surface area (Å²) in [6, 6.07) is 9.47. The Labute approximate surface area is 193 Å². The van der Waals surface area contributed by atoms with Crippen molar-refractivity contribution in [2.24, 2.45) is 0 Å². The lowest BCUT2D eigenvalue weighted by molar-refractivity contribution is -0.384. The molecule has 0 unspecified atom stereocenters. The minimum Gasteiger partial charge on any atom is -0.493 e. The lowest BCUT2D eigenvalue weighted by atomic mass is 10.2. The number of carbonyl (C=O) groups excluding carboxylic acids is 1. The summed E-state index contributed by atoms with van der Waals surface area (Å²) in [5.74, 6) is 0.371. The van der Waals surface area contributed by atoms with Crippen molar-refractivity contribution in [1.29, 1.82) is 0 Å². The number of hydrogen-bond acceptors (Lipinski definition) is 10. The highest BCUT2D eigenvalue weighted by Gasteiger charge is 2.15. The highest BCUT2D eigenvalue weighted by Crippen LogP contribution is 2.34. The fourth-order valence-electron chi connectivity index (χ4n) is 2.78. The standard InChI is InChI=1S/C20H21ClN6O6/c1-31-16-8-13(10-23-6-7-24-20(28)18-19(22)26-33-25-18)15(21)9-17(16)32-11-12-2-4-14(5-3-12)27(29)30/h2-5,8-9,23H,6-7,10-11H2,1H3,(H2,22,26)(H,24,28). The highest BCUT2D eigenvalue weighted by atomic mass is 35.5. The fourth-order valence-corrected chi connectivity index (χ4v) is 3.00. The summed E-state index contributed by atoms with van der Waals surface area (Å²) in [6.45, 7) is 1.37. The number of nitro groups is 1. The number of nitro benzene ring substituents is 1. The summed E-state index contributed by atoms with van der Waals surface area (Å²) in [6.07, 6.45) is 0. The second-order valence-corrected chi connectivity index (χ2v) is 7.14. The van der Waals surface area contributed by atoms with Gasteiger partial charge in [-0.2, -0.15) is 0 Å². The monoisotopic (exact) mass is 476 g/mol. The Hall–Kier alpha value is -3.90. The van der Waals surface area contributed by atoms with Crippen LogP contribution in [0.3, 0.4) is 0 Å². The van der Waals surface area contributed by atoms with E-state index in [4.69, 9.17) is 26.8 Å². The zero-order valence-corrected chi connectivity index (χ0v) is 18.3. The van der Waals surface area contributed by atoms with Crippen molar-refractivity contribution in [2.75, 3.05) is 25.9 Å². The first-order valence-electron chi connectivity index (χ1n) is 9.68. The Morgan fingerprint density at radius 3 is 2.61 bits per heavy atom. The number of carbonyl (C=O) groups is 1. The number of nitrogens with two attached hydrogens (primary N) is 1. The van der Waals surface area contributed by atoms with Gasteiger partial charge in [-0.25, -0.2) is 4.63 Å². The molecule has 1 aromatic heterocycles. The van der Waals surface area contributed by atoms with Gasteiger partial charge in [0.2, 0.25) is 11.5 Å². The predicted molar refractivity (Wildman–Crippen MR) is 118 cm³/mol. The van der Waals surface area contributed by atoms with Crippen LogP contribution in [0, 0.1) is 10.1 Å². The van der Waals surface area contributed by atoms with E-state index in [0.717, 1.165) is 11.1 Å². The predicted octanol–water partition coefficient (Wildman–Crippen LogP) is 2.32. The first-order chi connectivity index (χ1) is 15.9. The van der Waals surface area contributed by atoms with Gasteiger partial charge < -0.3 is 25.8 Å². The average Bonchev–Trinajstić information content (AvgIpc) is 3.24. The van der Waals surface area contributed by atoms with E-state index in [2.05, 4.69) is 25.6 Å². The molecule has 0 fully saturated rings. The lowest BCUT2D eigenvalue weighted by Crippen LogP contribution is -2.32. The van der Waals surface area contributed by atoms with Gasteiger partial charge in [-0.3, -0.25) is 14.9 Å². The zero-order valence-electron chi connectivity index (χ0n) is 17.5. The van der Waals surface area contributed by atoms with E-state index < -0.39 is 10.8 Å². The topological polar surface area (TPSA) is 168 Å². The van der Waals surface area contributed by atoms with Gasteiger partial charge in [-0.1, -0.05) is 11.6 Å². The first kappa shape index (κ1) is 23.8. The van der Waals surface area contributed by atoms with Crippen LogP contribution in [0.1, 0.15) is 21.6 Å². The van der Waals surface area contributed by atoms with Crippen LogP contribution in [-0.2, 0) is 13.2 Å². The normalized spacial score (nSPS) is 10.6. The molecule has 1 heterocycles. The van der Waals surface area contributed by atoms with Crippen molar-refractivity contribution in [3.8, 4) is 11.5 Å². The van der Waals surface area contributed by atoms with Gasteiger partial charge in [0.25, 0.3) is 11.6 Å². The molecule has 13 heteroatoms. The van der Waals surface area contributed by atoms with Crippen molar-refractivity contribution in [3.05, 3.63) is 68.4 Å². The number of nitrogens with zero attached hydrogens (tertiary/aromatic N) is 3. The molecule has 3 rings (SSSR count). The largest absolute Gasteiger partial charge is 0.493 e. The molecule has 2 aromatic carbocycles. The third-order valence-corrected chi connectivity index (χ3v) is 4.86. The Morgan fingerprint density at radius 2 is 1.97 bits per heavy atom. The van der Waals surface area contributed by atoms with Crippen LogP contribution in [-0.4, -0.2) is 41.3 Å². The Balaban J connectivity index is 1.51. The average molecular weight is 477 g/mol. The van der Waals surface area contributed by atoms with E-state index in [9.17, 15) is 14.9 Å². The van der Waals surface area contributed by atoms with Gasteiger partial charge in [0.1, 0.15) is 6.61 Å². The van der Waals surface area contributed by atoms with Crippen LogP contribution in [0.2, 0.25) is 5.02 Å². The molecule has 0 aliphatic rings. The number of amides is 1. The Morgan fingerprint density at radius 1 is 1.21 bits per heavy atom. The summed E-state index contributed by atoms with van der Waals surface area (Å²) in [7, 11) is 1.51. The van der Waals surface area contributed by atoms with Gasteiger partial charge in [-0.05, 0) is 39.6 Å². The van der Waals surface area contributed by atoms with Gasteiger partial charge >= 0.3 is 0 Å². The van der Waals surface area contributed by atoms with E-state index in [1.165, 1.54) is 19.2 Å². The number of methoxy groups -OCH3 is 1. The van der Waals surface area contributed by atoms with Crippen molar-refractivity contribution < 1.29 is 23.8 Å². The third kappa shape index (κ3) is 6.30. The number of nitrogens with one attached hydrogen (secondary N) is 2. The summed E-state index contributed by atoms with van der Waals surface area (Å²) >= 11 is 6.38. The third-order valence-electron chi connectivity index (χ3n) is 4.51. The maximum Gasteiger partial charge on any atom is 0.277 e. The highest BCUT2D eigenvalue weighted by molar-refractivity contribution is 6.31. The van der Waals surface area contributed by atoms with E-state index in [-0.39, 0.29) is 23.8 Å². The molecule has 0 aliphatic carbocycles. The molecule has 4 N–H and O–H groups in total. The number of rotatable bonds is 11. The number of ether oxygens (including phenoxy) is 2. The van der Waals surface area contributed by atoms with E-state index in [0.29, 0.717) is 36.2 Å². The second-order valence-electron chi connectivity index (χ2n) is 6.74. The quantitative estimate of drug-likeness (QED) is 0.212. The summed E-state index contributed by atoms with van der Waals surface area (Å²) in [4.78, 5) is 22.2. The molecule has 1 amide bonds. The molecule has 0 atom stereocenters.